The number of carbonyl (C=O) groups excluding carboxylic acids is 1. The molecule has 0 aromatic carbocycles. The van der Waals surface area contributed by atoms with Crippen molar-refractivity contribution >= 4 is 5.91 Å². The van der Waals surface area contributed by atoms with Gasteiger partial charge in [0.15, 0.2) is 12.0 Å². The fraction of sp³-hybridized carbons (Fsp3) is 0.625. The Labute approximate surface area is 87.1 Å². The first kappa shape index (κ1) is 11.6. The summed E-state index contributed by atoms with van der Waals surface area (Å²) in [5.74, 6) is -0.324. The molecule has 1 atom stereocenters. The molecule has 1 aromatic rings. The Balaban J connectivity index is 2.51. The Morgan fingerprint density at radius 1 is 1.53 bits per heavy atom. The summed E-state index contributed by atoms with van der Waals surface area (Å²) in [4.78, 5) is 11.5. The monoisotopic (exact) mass is 214 g/mol. The molecule has 7 heteroatoms. The molecule has 0 bridgehead atoms. The molecule has 0 fully saturated rings. The lowest BCUT2D eigenvalue weighted by atomic mass is 10.3. The lowest BCUT2D eigenvalue weighted by Gasteiger charge is -2.21. The Morgan fingerprint density at radius 2 is 2.20 bits per heavy atom. The van der Waals surface area contributed by atoms with Crippen LogP contribution < -0.4 is 5.32 Å². The number of aromatic nitrogens is 3. The van der Waals surface area contributed by atoms with Crippen molar-refractivity contribution in [3.05, 3.63) is 11.9 Å². The molecule has 7 nitrogen and oxygen atoms in total. The van der Waals surface area contributed by atoms with Crippen LogP contribution in [0.4, 0.5) is 0 Å². The minimum atomic E-state index is -0.485. The number of nitrogens with one attached hydrogen (secondary N) is 2. The van der Waals surface area contributed by atoms with Crippen molar-refractivity contribution in [1.82, 2.24) is 20.7 Å². The minimum absolute atomic E-state index is 0.229. The molecule has 2 N–H and O–H groups in total. The first-order chi connectivity index (χ1) is 7.19. The zero-order valence-corrected chi connectivity index (χ0v) is 8.85. The second kappa shape index (κ2) is 5.42. The van der Waals surface area contributed by atoms with E-state index in [0.717, 1.165) is 0 Å². The molecular weight excluding hydrogens is 200 g/mol. The maximum atomic E-state index is 11.5. The van der Waals surface area contributed by atoms with Gasteiger partial charge in [-0.25, -0.2) is 0 Å². The van der Waals surface area contributed by atoms with Crippen LogP contribution in [0.5, 0.6) is 0 Å². The van der Waals surface area contributed by atoms with Crippen molar-refractivity contribution in [1.29, 1.82) is 0 Å². The summed E-state index contributed by atoms with van der Waals surface area (Å²) in [6.45, 7) is 1.77. The van der Waals surface area contributed by atoms with Crippen LogP contribution in [-0.2, 0) is 9.47 Å². The van der Waals surface area contributed by atoms with Gasteiger partial charge in [0.2, 0.25) is 0 Å². The maximum Gasteiger partial charge on any atom is 0.273 e. The zero-order chi connectivity index (χ0) is 11.3. The standard InChI is InChI=1S/C8H14N4O3/c1-5(8(14-2)15-3)10-7(13)6-4-9-12-11-6/h4-5,8H,1-3H3,(H,10,13)(H,9,11,12). The van der Waals surface area contributed by atoms with E-state index in [4.69, 9.17) is 9.47 Å². The molecule has 1 unspecified atom stereocenters. The first-order valence-electron chi connectivity index (χ1n) is 4.41. The van der Waals surface area contributed by atoms with E-state index < -0.39 is 6.29 Å². The van der Waals surface area contributed by atoms with Crippen molar-refractivity contribution in [2.45, 2.75) is 19.3 Å². The van der Waals surface area contributed by atoms with Gasteiger partial charge in [0.1, 0.15) is 0 Å². The van der Waals surface area contributed by atoms with Crippen LogP contribution in [0.25, 0.3) is 0 Å². The third-order valence-electron chi connectivity index (χ3n) is 1.88. The summed E-state index contributed by atoms with van der Waals surface area (Å²) < 4.78 is 10.00. The van der Waals surface area contributed by atoms with Gasteiger partial charge < -0.3 is 14.8 Å². The van der Waals surface area contributed by atoms with Crippen molar-refractivity contribution in [3.63, 3.8) is 0 Å². The highest BCUT2D eigenvalue weighted by atomic mass is 16.7. The average Bonchev–Trinajstić information content (AvgIpc) is 2.72. The highest BCUT2D eigenvalue weighted by Gasteiger charge is 2.19. The highest BCUT2D eigenvalue weighted by Crippen LogP contribution is 1.99. The van der Waals surface area contributed by atoms with Gasteiger partial charge in [0.05, 0.1) is 12.2 Å². The molecule has 0 saturated carbocycles. The lowest BCUT2D eigenvalue weighted by molar-refractivity contribution is -0.117. The molecule has 0 aliphatic rings. The van der Waals surface area contributed by atoms with Crippen LogP contribution in [0, 0.1) is 0 Å². The quantitative estimate of drug-likeness (QED) is 0.647. The molecule has 0 aliphatic carbocycles. The van der Waals surface area contributed by atoms with Crippen LogP contribution >= 0.6 is 0 Å². The van der Waals surface area contributed by atoms with Crippen molar-refractivity contribution in [2.75, 3.05) is 14.2 Å². The van der Waals surface area contributed by atoms with E-state index in [0.29, 0.717) is 0 Å². The number of nitrogens with zero attached hydrogens (tertiary/aromatic N) is 2. The molecule has 1 aromatic heterocycles. The highest BCUT2D eigenvalue weighted by molar-refractivity contribution is 5.91. The average molecular weight is 214 g/mol. The van der Waals surface area contributed by atoms with E-state index in [1.165, 1.54) is 20.4 Å². The number of aromatic amines is 1. The number of ether oxygens (including phenoxy) is 2. The predicted molar refractivity (Wildman–Crippen MR) is 51.1 cm³/mol. The van der Waals surface area contributed by atoms with Gasteiger partial charge in [0, 0.05) is 14.2 Å². The molecule has 15 heavy (non-hydrogen) atoms. The normalized spacial score (nSPS) is 12.8. The zero-order valence-electron chi connectivity index (χ0n) is 8.85. The second-order valence-electron chi connectivity index (χ2n) is 2.96. The number of hydrogen-bond acceptors (Lipinski definition) is 5. The minimum Gasteiger partial charge on any atom is -0.354 e. The summed E-state index contributed by atoms with van der Waals surface area (Å²) in [6, 6.07) is -0.274. The van der Waals surface area contributed by atoms with Gasteiger partial charge in [-0.05, 0) is 6.92 Å². The summed E-state index contributed by atoms with van der Waals surface area (Å²) in [7, 11) is 3.01. The third kappa shape index (κ3) is 3.00. The van der Waals surface area contributed by atoms with E-state index >= 15 is 0 Å². The van der Waals surface area contributed by atoms with E-state index in [2.05, 4.69) is 20.7 Å². The van der Waals surface area contributed by atoms with Crippen LogP contribution in [0.1, 0.15) is 17.4 Å². The Bertz CT molecular complexity index is 297. The van der Waals surface area contributed by atoms with E-state index in [1.54, 1.807) is 6.92 Å². The summed E-state index contributed by atoms with van der Waals surface area (Å²) in [6.07, 6.45) is 0.859. The summed E-state index contributed by atoms with van der Waals surface area (Å²) in [5.41, 5.74) is 0.229. The maximum absolute atomic E-state index is 11.5. The fourth-order valence-corrected chi connectivity index (χ4v) is 1.16. The van der Waals surface area contributed by atoms with Gasteiger partial charge in [-0.3, -0.25) is 4.79 Å². The first-order valence-corrected chi connectivity index (χ1v) is 4.41. The van der Waals surface area contributed by atoms with E-state index in [-0.39, 0.29) is 17.6 Å². The fourth-order valence-electron chi connectivity index (χ4n) is 1.16. The number of rotatable bonds is 5. The Hall–Kier alpha value is -1.47. The molecule has 84 valence electrons. The van der Waals surface area contributed by atoms with Crippen LogP contribution in [0.2, 0.25) is 0 Å². The van der Waals surface area contributed by atoms with Crippen molar-refractivity contribution in [3.8, 4) is 0 Å². The van der Waals surface area contributed by atoms with E-state index in [9.17, 15) is 4.79 Å². The largest absolute Gasteiger partial charge is 0.354 e. The van der Waals surface area contributed by atoms with Gasteiger partial charge in [-0.2, -0.15) is 15.4 Å². The molecular formula is C8H14N4O3. The van der Waals surface area contributed by atoms with Crippen LogP contribution in [0.3, 0.4) is 0 Å². The topological polar surface area (TPSA) is 89.1 Å². The number of hydrogen-bond donors (Lipinski definition) is 2. The SMILES string of the molecule is COC(OC)C(C)NC(=O)c1cn[nH]n1. The van der Waals surface area contributed by atoms with Gasteiger partial charge in [0.25, 0.3) is 5.91 Å². The van der Waals surface area contributed by atoms with Crippen LogP contribution in [-0.4, -0.2) is 47.9 Å². The Morgan fingerprint density at radius 3 is 2.67 bits per heavy atom. The smallest absolute Gasteiger partial charge is 0.273 e. The predicted octanol–water partition coefficient (Wildman–Crippen LogP) is -0.458. The molecule has 0 aliphatic heterocycles. The van der Waals surface area contributed by atoms with Crippen molar-refractivity contribution < 1.29 is 14.3 Å². The summed E-state index contributed by atoms with van der Waals surface area (Å²) in [5, 5.41) is 12.2. The molecule has 1 rings (SSSR count). The Kier molecular flexibility index (Phi) is 4.19. The number of H-pyrrole nitrogens is 1. The molecule has 0 radical (unpaired) electrons. The van der Waals surface area contributed by atoms with E-state index in [1.807, 2.05) is 0 Å². The molecule has 1 heterocycles. The number of carbonyl (C=O) groups is 1. The molecule has 0 spiro atoms. The van der Waals surface area contributed by atoms with Gasteiger partial charge >= 0.3 is 0 Å². The number of methoxy groups -OCH3 is 2. The third-order valence-corrected chi connectivity index (χ3v) is 1.88. The van der Waals surface area contributed by atoms with Gasteiger partial charge in [-0.1, -0.05) is 0 Å². The number of amides is 1. The van der Waals surface area contributed by atoms with Crippen molar-refractivity contribution in [2.24, 2.45) is 0 Å². The summed E-state index contributed by atoms with van der Waals surface area (Å²) >= 11 is 0. The molecule has 1 amide bonds. The second-order valence-corrected chi connectivity index (χ2v) is 2.96. The van der Waals surface area contributed by atoms with Gasteiger partial charge in [-0.15, -0.1) is 0 Å². The molecule has 0 saturated heterocycles. The lowest BCUT2D eigenvalue weighted by Crippen LogP contribution is -2.43. The van der Waals surface area contributed by atoms with Crippen LogP contribution in [0.15, 0.2) is 6.20 Å².